The highest BCUT2D eigenvalue weighted by molar-refractivity contribution is 5.02. The van der Waals surface area contributed by atoms with Crippen molar-refractivity contribution in [2.24, 2.45) is 5.92 Å². The van der Waals surface area contributed by atoms with E-state index >= 15 is 0 Å². The quantitative estimate of drug-likeness (QED) is 0.535. The maximum atomic E-state index is 5.67. The van der Waals surface area contributed by atoms with Crippen LogP contribution < -0.4 is 0 Å². The van der Waals surface area contributed by atoms with Crippen molar-refractivity contribution >= 4 is 0 Å². The molecule has 0 N–H and O–H groups in total. The van der Waals surface area contributed by atoms with E-state index in [1.54, 1.807) is 0 Å². The van der Waals surface area contributed by atoms with Gasteiger partial charge < -0.3 is 4.74 Å². The minimum absolute atomic E-state index is 0.290. The number of ether oxygens (including phenoxy) is 1. The fourth-order valence-electron chi connectivity index (χ4n) is 2.81. The normalized spacial score (nSPS) is 47.5. The molecule has 0 amide bonds. The van der Waals surface area contributed by atoms with Gasteiger partial charge in [-0.05, 0) is 12.8 Å². The molecule has 3 heteroatoms. The molecule has 3 nitrogen and oxygen atoms in total. The Morgan fingerprint density at radius 3 is 3.25 bits per heavy atom. The Labute approximate surface area is 72.6 Å². The van der Waals surface area contributed by atoms with E-state index in [1.807, 2.05) is 0 Å². The Morgan fingerprint density at radius 1 is 1.25 bits per heavy atom. The highest BCUT2D eigenvalue weighted by Crippen LogP contribution is 2.43. The monoisotopic (exact) mass is 169 g/mol. The van der Waals surface area contributed by atoms with Crippen molar-refractivity contribution in [2.75, 3.05) is 26.4 Å². The van der Waals surface area contributed by atoms with E-state index < -0.39 is 0 Å². The first-order valence-electron chi connectivity index (χ1n) is 4.90. The second kappa shape index (κ2) is 2.44. The van der Waals surface area contributed by atoms with Gasteiger partial charge in [-0.2, -0.15) is 5.06 Å². The minimum atomic E-state index is 0.290. The Morgan fingerprint density at radius 2 is 2.25 bits per heavy atom. The first-order valence-corrected chi connectivity index (χ1v) is 4.90. The van der Waals surface area contributed by atoms with Crippen LogP contribution in [-0.4, -0.2) is 37.0 Å². The van der Waals surface area contributed by atoms with Gasteiger partial charge in [0.1, 0.15) is 0 Å². The van der Waals surface area contributed by atoms with E-state index in [-0.39, 0.29) is 5.54 Å². The van der Waals surface area contributed by atoms with Crippen molar-refractivity contribution < 1.29 is 9.57 Å². The fourth-order valence-corrected chi connectivity index (χ4v) is 2.81. The molecule has 2 atom stereocenters. The number of hydrogen-bond acceptors (Lipinski definition) is 3. The van der Waals surface area contributed by atoms with E-state index in [1.165, 1.54) is 19.3 Å². The van der Waals surface area contributed by atoms with Gasteiger partial charge in [-0.15, -0.1) is 0 Å². The summed E-state index contributed by atoms with van der Waals surface area (Å²) >= 11 is 0. The lowest BCUT2D eigenvalue weighted by molar-refractivity contribution is -0.185. The number of hydroxylamine groups is 2. The van der Waals surface area contributed by atoms with Gasteiger partial charge in [0.15, 0.2) is 0 Å². The zero-order chi connectivity index (χ0) is 8.02. The van der Waals surface area contributed by atoms with Gasteiger partial charge in [0.05, 0.1) is 25.4 Å². The molecule has 0 bridgehead atoms. The van der Waals surface area contributed by atoms with Crippen molar-refractivity contribution in [1.82, 2.24) is 5.06 Å². The Hall–Kier alpha value is -0.120. The van der Waals surface area contributed by atoms with Crippen LogP contribution >= 0.6 is 0 Å². The average Bonchev–Trinajstić information content (AvgIpc) is 2.59. The smallest absolute Gasteiger partial charge is 0.0768 e. The van der Waals surface area contributed by atoms with Crippen LogP contribution in [0.15, 0.2) is 0 Å². The summed E-state index contributed by atoms with van der Waals surface area (Å²) in [5, 5.41) is 2.20. The predicted octanol–water partition coefficient (Wildman–Crippen LogP) is 0.803. The molecular weight excluding hydrogens is 154 g/mol. The summed E-state index contributed by atoms with van der Waals surface area (Å²) in [7, 11) is 0. The van der Waals surface area contributed by atoms with E-state index in [4.69, 9.17) is 9.57 Å². The molecule has 3 fully saturated rings. The second-order valence-electron chi connectivity index (χ2n) is 4.17. The van der Waals surface area contributed by atoms with E-state index in [2.05, 4.69) is 5.06 Å². The third-order valence-electron chi connectivity index (χ3n) is 3.58. The highest BCUT2D eigenvalue weighted by atomic mass is 16.7. The molecule has 0 aromatic heterocycles. The van der Waals surface area contributed by atoms with Crippen molar-refractivity contribution in [2.45, 2.75) is 24.8 Å². The Balaban J connectivity index is 1.92. The lowest BCUT2D eigenvalue weighted by Crippen LogP contribution is -2.50. The molecule has 0 unspecified atom stereocenters. The van der Waals surface area contributed by atoms with Crippen LogP contribution in [-0.2, 0) is 9.57 Å². The van der Waals surface area contributed by atoms with E-state index in [0.29, 0.717) is 5.92 Å². The van der Waals surface area contributed by atoms with Crippen molar-refractivity contribution in [3.05, 3.63) is 0 Å². The summed E-state index contributed by atoms with van der Waals surface area (Å²) in [5.74, 6) is 0.651. The van der Waals surface area contributed by atoms with Gasteiger partial charge in [0, 0.05) is 12.5 Å². The zero-order valence-electron chi connectivity index (χ0n) is 7.29. The molecule has 68 valence electrons. The molecule has 0 aliphatic carbocycles. The molecular formula is C9H15NO2. The van der Waals surface area contributed by atoms with E-state index in [9.17, 15) is 0 Å². The van der Waals surface area contributed by atoms with Crippen molar-refractivity contribution in [1.29, 1.82) is 0 Å². The van der Waals surface area contributed by atoms with Crippen LogP contribution in [0, 0.1) is 5.92 Å². The summed E-state index contributed by atoms with van der Waals surface area (Å²) in [6.07, 6.45) is 3.91. The van der Waals surface area contributed by atoms with Crippen molar-refractivity contribution in [3.63, 3.8) is 0 Å². The van der Waals surface area contributed by atoms with Crippen LogP contribution in [0.3, 0.4) is 0 Å². The number of piperidine rings is 1. The third-order valence-corrected chi connectivity index (χ3v) is 3.58. The highest BCUT2D eigenvalue weighted by Gasteiger charge is 2.54. The summed E-state index contributed by atoms with van der Waals surface area (Å²) in [4.78, 5) is 5.67. The summed E-state index contributed by atoms with van der Waals surface area (Å²) in [6.45, 7) is 3.81. The van der Waals surface area contributed by atoms with Crippen LogP contribution in [0.5, 0.6) is 0 Å². The summed E-state index contributed by atoms with van der Waals surface area (Å²) in [5.41, 5.74) is 0.290. The number of rotatable bonds is 0. The zero-order valence-corrected chi connectivity index (χ0v) is 7.29. The molecule has 0 radical (unpaired) electrons. The molecule has 3 aliphatic rings. The largest absolute Gasteiger partial charge is 0.379 e. The van der Waals surface area contributed by atoms with Gasteiger partial charge in [-0.3, -0.25) is 4.84 Å². The van der Waals surface area contributed by atoms with Crippen LogP contribution in [0.25, 0.3) is 0 Å². The van der Waals surface area contributed by atoms with Crippen LogP contribution in [0.1, 0.15) is 19.3 Å². The lowest BCUT2D eigenvalue weighted by atomic mass is 9.81. The van der Waals surface area contributed by atoms with Gasteiger partial charge >= 0.3 is 0 Å². The minimum Gasteiger partial charge on any atom is -0.379 e. The van der Waals surface area contributed by atoms with Gasteiger partial charge in [0.25, 0.3) is 0 Å². The maximum absolute atomic E-state index is 5.67. The molecule has 0 aromatic rings. The van der Waals surface area contributed by atoms with Crippen LogP contribution in [0.4, 0.5) is 0 Å². The third kappa shape index (κ3) is 0.767. The lowest BCUT2D eigenvalue weighted by Gasteiger charge is -2.38. The second-order valence-corrected chi connectivity index (χ2v) is 4.17. The van der Waals surface area contributed by atoms with Gasteiger partial charge in [-0.1, -0.05) is 6.42 Å². The SMILES string of the molecule is C1CC[C@@]23COC[C@H]2CON3C1. The molecule has 3 aliphatic heterocycles. The van der Waals surface area contributed by atoms with E-state index in [0.717, 1.165) is 26.4 Å². The summed E-state index contributed by atoms with van der Waals surface area (Å²) < 4.78 is 5.55. The Kier molecular flexibility index (Phi) is 1.48. The molecule has 12 heavy (non-hydrogen) atoms. The number of hydrogen-bond donors (Lipinski definition) is 0. The predicted molar refractivity (Wildman–Crippen MR) is 43.5 cm³/mol. The first kappa shape index (κ1) is 7.30. The maximum Gasteiger partial charge on any atom is 0.0768 e. The standard InChI is InChI=1S/C9H15NO2/c1-2-4-10-9(3-1)7-11-5-8(9)6-12-10/h8H,1-7H2/t8-,9+/m0/s1. The molecule has 3 rings (SSSR count). The molecule has 1 spiro atoms. The average molecular weight is 169 g/mol. The fraction of sp³-hybridized carbons (Fsp3) is 1.00. The number of nitrogens with zero attached hydrogens (tertiary/aromatic N) is 1. The topological polar surface area (TPSA) is 21.7 Å². The summed E-state index contributed by atoms with van der Waals surface area (Å²) in [6, 6.07) is 0. The molecule has 0 aromatic carbocycles. The first-order chi connectivity index (χ1) is 5.92. The molecule has 3 saturated heterocycles. The van der Waals surface area contributed by atoms with Gasteiger partial charge in [0.2, 0.25) is 0 Å². The molecule has 0 saturated carbocycles. The van der Waals surface area contributed by atoms with Crippen LogP contribution in [0.2, 0.25) is 0 Å². The van der Waals surface area contributed by atoms with Gasteiger partial charge in [-0.25, -0.2) is 0 Å². The Bertz CT molecular complexity index is 195. The van der Waals surface area contributed by atoms with Crippen molar-refractivity contribution in [3.8, 4) is 0 Å². The molecule has 3 heterocycles.